The average molecular weight is 284 g/mol. The van der Waals surface area contributed by atoms with Crippen molar-refractivity contribution in [3.8, 4) is 0 Å². The lowest BCUT2D eigenvalue weighted by atomic mass is 9.74. The van der Waals surface area contributed by atoms with Crippen LogP contribution in [-0.4, -0.2) is 5.11 Å². The quantitative estimate of drug-likeness (QED) is 0.770. The number of alkyl halides is 6. The van der Waals surface area contributed by atoms with Gasteiger partial charge in [0.2, 0.25) is 0 Å². The zero-order chi connectivity index (χ0) is 14.5. The van der Waals surface area contributed by atoms with Gasteiger partial charge >= 0.3 is 12.4 Å². The molecule has 0 atom stereocenters. The zero-order valence-corrected chi connectivity index (χ0v) is 9.57. The summed E-state index contributed by atoms with van der Waals surface area (Å²) in [5, 5.41) is 9.93. The molecule has 7 heteroatoms. The minimum atomic E-state index is -4.88. The van der Waals surface area contributed by atoms with Crippen LogP contribution in [0.15, 0.2) is 18.2 Å². The fraction of sp³-hybridized carbons (Fsp3) is 0.500. The number of benzene rings is 1. The molecule has 0 saturated heterocycles. The molecule has 0 heterocycles. The summed E-state index contributed by atoms with van der Waals surface area (Å²) in [6, 6.07) is 1.24. The van der Waals surface area contributed by atoms with Gasteiger partial charge in [0.05, 0.1) is 16.7 Å². The molecule has 2 rings (SSSR count). The molecule has 1 aromatic rings. The lowest BCUT2D eigenvalue weighted by Crippen LogP contribution is -2.34. The summed E-state index contributed by atoms with van der Waals surface area (Å²) in [4.78, 5) is 0. The predicted molar refractivity (Wildman–Crippen MR) is 54.2 cm³/mol. The van der Waals surface area contributed by atoms with E-state index in [2.05, 4.69) is 0 Å². The summed E-state index contributed by atoms with van der Waals surface area (Å²) in [5.74, 6) is 0. The molecule has 0 unspecified atom stereocenters. The van der Waals surface area contributed by atoms with Gasteiger partial charge in [-0.05, 0) is 43.0 Å². The Morgan fingerprint density at radius 1 is 0.842 bits per heavy atom. The van der Waals surface area contributed by atoms with Gasteiger partial charge in [-0.15, -0.1) is 0 Å². The molecule has 1 fully saturated rings. The van der Waals surface area contributed by atoms with Gasteiger partial charge in [-0.1, -0.05) is 0 Å². The fourth-order valence-corrected chi connectivity index (χ4v) is 2.02. The third kappa shape index (κ3) is 2.70. The van der Waals surface area contributed by atoms with Crippen molar-refractivity contribution in [2.75, 3.05) is 0 Å². The van der Waals surface area contributed by atoms with Gasteiger partial charge in [-0.3, -0.25) is 0 Å². The molecule has 0 spiro atoms. The lowest BCUT2D eigenvalue weighted by Gasteiger charge is -2.37. The van der Waals surface area contributed by atoms with Gasteiger partial charge < -0.3 is 5.11 Å². The SMILES string of the molecule is OC1(c2cc(C(F)(F)F)cc(C(F)(F)F)c2)CCC1. The fourth-order valence-electron chi connectivity index (χ4n) is 2.02. The van der Waals surface area contributed by atoms with Crippen molar-refractivity contribution in [2.24, 2.45) is 0 Å². The first kappa shape index (κ1) is 14.2. The minimum Gasteiger partial charge on any atom is -0.385 e. The number of aliphatic hydroxyl groups is 1. The number of hydrogen-bond donors (Lipinski definition) is 1. The van der Waals surface area contributed by atoms with Crippen molar-refractivity contribution < 1.29 is 31.4 Å². The van der Waals surface area contributed by atoms with Crippen molar-refractivity contribution in [1.82, 2.24) is 0 Å². The van der Waals surface area contributed by atoms with E-state index in [4.69, 9.17) is 0 Å². The zero-order valence-electron chi connectivity index (χ0n) is 9.57. The van der Waals surface area contributed by atoms with E-state index in [0.717, 1.165) is 0 Å². The Morgan fingerprint density at radius 2 is 1.26 bits per heavy atom. The van der Waals surface area contributed by atoms with Gasteiger partial charge in [0.25, 0.3) is 0 Å². The van der Waals surface area contributed by atoms with Gasteiger partial charge in [0, 0.05) is 0 Å². The van der Waals surface area contributed by atoms with Crippen LogP contribution in [0.1, 0.15) is 36.0 Å². The molecule has 0 bridgehead atoms. The molecule has 1 aliphatic carbocycles. The van der Waals surface area contributed by atoms with Crippen LogP contribution in [0.25, 0.3) is 0 Å². The molecule has 1 nitrogen and oxygen atoms in total. The van der Waals surface area contributed by atoms with Crippen molar-refractivity contribution in [2.45, 2.75) is 37.2 Å². The topological polar surface area (TPSA) is 20.2 Å². The molecule has 1 aromatic carbocycles. The monoisotopic (exact) mass is 284 g/mol. The smallest absolute Gasteiger partial charge is 0.385 e. The van der Waals surface area contributed by atoms with Crippen LogP contribution in [0.3, 0.4) is 0 Å². The average Bonchev–Trinajstić information content (AvgIpc) is 2.23. The molecule has 106 valence electrons. The third-order valence-electron chi connectivity index (χ3n) is 3.31. The summed E-state index contributed by atoms with van der Waals surface area (Å²) >= 11 is 0. The van der Waals surface area contributed by atoms with E-state index in [0.29, 0.717) is 18.6 Å². The maximum Gasteiger partial charge on any atom is 0.416 e. The molecular weight excluding hydrogens is 274 g/mol. The molecule has 0 amide bonds. The second-order valence-electron chi connectivity index (χ2n) is 4.68. The van der Waals surface area contributed by atoms with Crippen LogP contribution >= 0.6 is 0 Å². The normalized spacial score (nSPS) is 19.1. The van der Waals surface area contributed by atoms with Crippen LogP contribution < -0.4 is 0 Å². The molecule has 0 aliphatic heterocycles. The maximum atomic E-state index is 12.6. The van der Waals surface area contributed by atoms with Crippen LogP contribution in [-0.2, 0) is 18.0 Å². The van der Waals surface area contributed by atoms with E-state index in [-0.39, 0.29) is 24.5 Å². The van der Waals surface area contributed by atoms with Crippen molar-refractivity contribution in [3.05, 3.63) is 34.9 Å². The highest BCUT2D eigenvalue weighted by molar-refractivity contribution is 5.37. The van der Waals surface area contributed by atoms with E-state index in [1.165, 1.54) is 0 Å². The maximum absolute atomic E-state index is 12.6. The Kier molecular flexibility index (Phi) is 3.08. The van der Waals surface area contributed by atoms with Gasteiger partial charge in [-0.2, -0.15) is 26.3 Å². The Balaban J connectivity index is 2.56. The minimum absolute atomic E-state index is 0.0610. The summed E-state index contributed by atoms with van der Waals surface area (Å²) in [5.41, 5.74) is -4.67. The Morgan fingerprint density at radius 3 is 1.53 bits per heavy atom. The molecule has 1 N–H and O–H groups in total. The highest BCUT2D eigenvalue weighted by Crippen LogP contribution is 2.45. The van der Waals surface area contributed by atoms with Crippen LogP contribution in [0.4, 0.5) is 26.3 Å². The van der Waals surface area contributed by atoms with Crippen LogP contribution in [0.2, 0.25) is 0 Å². The molecule has 0 radical (unpaired) electrons. The van der Waals surface area contributed by atoms with Gasteiger partial charge in [-0.25, -0.2) is 0 Å². The molecule has 19 heavy (non-hydrogen) atoms. The van der Waals surface area contributed by atoms with Crippen molar-refractivity contribution >= 4 is 0 Å². The van der Waals surface area contributed by atoms with E-state index < -0.39 is 29.1 Å². The molecular formula is C12H10F6O. The molecule has 1 saturated carbocycles. The highest BCUT2D eigenvalue weighted by Gasteiger charge is 2.42. The summed E-state index contributed by atoms with van der Waals surface area (Å²) in [6.07, 6.45) is -8.84. The van der Waals surface area contributed by atoms with Crippen molar-refractivity contribution in [1.29, 1.82) is 0 Å². The van der Waals surface area contributed by atoms with E-state index in [1.807, 2.05) is 0 Å². The highest BCUT2D eigenvalue weighted by atomic mass is 19.4. The third-order valence-corrected chi connectivity index (χ3v) is 3.31. The lowest BCUT2D eigenvalue weighted by molar-refractivity contribution is -0.143. The molecule has 0 aromatic heterocycles. The van der Waals surface area contributed by atoms with Crippen LogP contribution in [0.5, 0.6) is 0 Å². The first-order chi connectivity index (χ1) is 8.52. The van der Waals surface area contributed by atoms with Crippen LogP contribution in [0, 0.1) is 0 Å². The summed E-state index contributed by atoms with van der Waals surface area (Å²) in [7, 11) is 0. The first-order valence-electron chi connectivity index (χ1n) is 5.55. The largest absolute Gasteiger partial charge is 0.416 e. The summed E-state index contributed by atoms with van der Waals surface area (Å²) < 4.78 is 75.6. The van der Waals surface area contributed by atoms with Crippen molar-refractivity contribution in [3.63, 3.8) is 0 Å². The predicted octanol–water partition coefficient (Wildman–Crippen LogP) is 4.10. The Labute approximate surface area is 104 Å². The van der Waals surface area contributed by atoms with Gasteiger partial charge in [0.15, 0.2) is 0 Å². The second kappa shape index (κ2) is 4.13. The first-order valence-corrected chi connectivity index (χ1v) is 5.55. The number of halogens is 6. The second-order valence-corrected chi connectivity index (χ2v) is 4.68. The Hall–Kier alpha value is -1.24. The molecule has 1 aliphatic rings. The number of rotatable bonds is 1. The summed E-state index contributed by atoms with van der Waals surface area (Å²) in [6.45, 7) is 0. The van der Waals surface area contributed by atoms with E-state index >= 15 is 0 Å². The van der Waals surface area contributed by atoms with E-state index in [1.54, 1.807) is 0 Å². The number of hydrogen-bond acceptors (Lipinski definition) is 1. The van der Waals surface area contributed by atoms with E-state index in [9.17, 15) is 31.4 Å². The standard InChI is InChI=1S/C12H10F6O/c13-11(14,15)8-4-7(10(19)2-1-3-10)5-9(6-8)12(16,17)18/h4-6,19H,1-3H2. The van der Waals surface area contributed by atoms with Gasteiger partial charge in [0.1, 0.15) is 0 Å². The Bertz CT molecular complexity index is 452.